The van der Waals surface area contributed by atoms with Crippen LogP contribution in [-0.2, 0) is 4.79 Å². The number of halogens is 4. The summed E-state index contributed by atoms with van der Waals surface area (Å²) in [5.74, 6) is -5.10. The van der Waals surface area contributed by atoms with E-state index in [4.69, 9.17) is 0 Å². The summed E-state index contributed by atoms with van der Waals surface area (Å²) in [6.45, 7) is 1.55. The normalized spacial score (nSPS) is 11.9. The molecule has 0 aliphatic rings. The van der Waals surface area contributed by atoms with Gasteiger partial charge in [-0.1, -0.05) is 42.1 Å². The van der Waals surface area contributed by atoms with Gasteiger partial charge < -0.3 is 5.32 Å². The van der Waals surface area contributed by atoms with Gasteiger partial charge in [0.1, 0.15) is 5.82 Å². The molecular formula is C23H16F4N4OS. The molecule has 1 aromatic heterocycles. The van der Waals surface area contributed by atoms with Crippen LogP contribution in [0.5, 0.6) is 0 Å². The number of benzene rings is 3. The SMILES string of the molecule is CC(Sc1nnc(-c2ccccc2)n1-c1ccc(F)cc1)C(=O)Nc1ccc(F)c(F)c1F. The Morgan fingerprint density at radius 1 is 0.909 bits per heavy atom. The highest BCUT2D eigenvalue weighted by molar-refractivity contribution is 8.00. The minimum Gasteiger partial charge on any atom is -0.323 e. The molecule has 1 amide bonds. The summed E-state index contributed by atoms with van der Waals surface area (Å²) >= 11 is 1.02. The van der Waals surface area contributed by atoms with Crippen LogP contribution >= 0.6 is 11.8 Å². The Bertz CT molecular complexity index is 1300. The maximum atomic E-state index is 13.9. The second-order valence-corrected chi connectivity index (χ2v) is 8.26. The van der Waals surface area contributed by atoms with Crippen LogP contribution in [0.25, 0.3) is 17.1 Å². The third kappa shape index (κ3) is 4.75. The number of hydrogen-bond donors (Lipinski definition) is 1. The topological polar surface area (TPSA) is 59.8 Å². The van der Waals surface area contributed by atoms with E-state index >= 15 is 0 Å². The summed E-state index contributed by atoms with van der Waals surface area (Å²) in [6.07, 6.45) is 0. The molecule has 5 nitrogen and oxygen atoms in total. The smallest absolute Gasteiger partial charge is 0.237 e. The number of anilines is 1. The quantitative estimate of drug-likeness (QED) is 0.225. The van der Waals surface area contributed by atoms with Crippen molar-refractivity contribution in [1.82, 2.24) is 14.8 Å². The van der Waals surface area contributed by atoms with E-state index in [1.165, 1.54) is 12.1 Å². The van der Waals surface area contributed by atoms with E-state index < -0.39 is 40.1 Å². The number of carbonyl (C=O) groups is 1. The molecule has 4 rings (SSSR count). The van der Waals surface area contributed by atoms with Crippen molar-refractivity contribution in [3.8, 4) is 17.1 Å². The molecule has 1 heterocycles. The Hall–Kier alpha value is -3.66. The molecule has 33 heavy (non-hydrogen) atoms. The maximum Gasteiger partial charge on any atom is 0.237 e. The van der Waals surface area contributed by atoms with Gasteiger partial charge in [0.2, 0.25) is 5.91 Å². The van der Waals surface area contributed by atoms with Gasteiger partial charge in [-0.25, -0.2) is 17.6 Å². The minimum absolute atomic E-state index is 0.328. The molecule has 0 spiro atoms. The second kappa shape index (κ2) is 9.45. The van der Waals surface area contributed by atoms with Gasteiger partial charge in [0.15, 0.2) is 28.4 Å². The monoisotopic (exact) mass is 472 g/mol. The molecule has 168 valence electrons. The lowest BCUT2D eigenvalue weighted by Crippen LogP contribution is -2.23. The number of nitrogens with zero attached hydrogens (tertiary/aromatic N) is 3. The Morgan fingerprint density at radius 3 is 2.30 bits per heavy atom. The third-order valence-electron chi connectivity index (χ3n) is 4.69. The van der Waals surface area contributed by atoms with Crippen molar-refractivity contribution in [3.63, 3.8) is 0 Å². The van der Waals surface area contributed by atoms with Crippen molar-refractivity contribution in [2.24, 2.45) is 0 Å². The van der Waals surface area contributed by atoms with Crippen molar-refractivity contribution >= 4 is 23.4 Å². The highest BCUT2D eigenvalue weighted by atomic mass is 32.2. The van der Waals surface area contributed by atoms with Crippen LogP contribution in [0.2, 0.25) is 0 Å². The summed E-state index contributed by atoms with van der Waals surface area (Å²) in [7, 11) is 0. The van der Waals surface area contributed by atoms with E-state index in [2.05, 4.69) is 15.5 Å². The van der Waals surface area contributed by atoms with E-state index in [1.54, 1.807) is 23.6 Å². The van der Waals surface area contributed by atoms with Crippen LogP contribution in [0.1, 0.15) is 6.92 Å². The molecule has 0 saturated carbocycles. The molecule has 4 aromatic rings. The second-order valence-electron chi connectivity index (χ2n) is 6.96. The number of hydrogen-bond acceptors (Lipinski definition) is 4. The largest absolute Gasteiger partial charge is 0.323 e. The van der Waals surface area contributed by atoms with Gasteiger partial charge in [-0.3, -0.25) is 9.36 Å². The van der Waals surface area contributed by atoms with Crippen LogP contribution < -0.4 is 5.32 Å². The zero-order valence-electron chi connectivity index (χ0n) is 17.1. The molecule has 10 heteroatoms. The molecule has 0 aliphatic carbocycles. The lowest BCUT2D eigenvalue weighted by molar-refractivity contribution is -0.115. The first-order valence-electron chi connectivity index (χ1n) is 9.73. The van der Waals surface area contributed by atoms with E-state index in [9.17, 15) is 22.4 Å². The maximum absolute atomic E-state index is 13.9. The van der Waals surface area contributed by atoms with Crippen molar-refractivity contribution in [2.45, 2.75) is 17.3 Å². The van der Waals surface area contributed by atoms with E-state index in [0.717, 1.165) is 29.5 Å². The molecule has 1 atom stereocenters. The summed E-state index contributed by atoms with van der Waals surface area (Å²) < 4.78 is 55.7. The molecule has 0 radical (unpaired) electrons. The first-order valence-corrected chi connectivity index (χ1v) is 10.6. The first kappa shape index (κ1) is 22.5. The number of rotatable bonds is 6. The van der Waals surface area contributed by atoms with Crippen LogP contribution in [0.15, 0.2) is 71.9 Å². The number of nitrogens with one attached hydrogen (secondary N) is 1. The fourth-order valence-corrected chi connectivity index (χ4v) is 3.88. The Balaban J connectivity index is 1.64. The zero-order valence-corrected chi connectivity index (χ0v) is 17.9. The molecule has 0 bridgehead atoms. The van der Waals surface area contributed by atoms with Crippen LogP contribution in [0, 0.1) is 23.3 Å². The number of aromatic nitrogens is 3. The fraction of sp³-hybridized carbons (Fsp3) is 0.0870. The fourth-order valence-electron chi connectivity index (χ4n) is 3.01. The van der Waals surface area contributed by atoms with E-state index in [-0.39, 0.29) is 0 Å². The molecule has 0 saturated heterocycles. The lowest BCUT2D eigenvalue weighted by atomic mass is 10.2. The molecule has 0 fully saturated rings. The first-order chi connectivity index (χ1) is 15.8. The van der Waals surface area contributed by atoms with Crippen LogP contribution in [0.3, 0.4) is 0 Å². The molecule has 3 aromatic carbocycles. The Labute approximate surface area is 190 Å². The average molecular weight is 472 g/mol. The van der Waals surface area contributed by atoms with E-state index in [1.807, 2.05) is 30.3 Å². The van der Waals surface area contributed by atoms with Gasteiger partial charge in [-0.2, -0.15) is 0 Å². The standard InChI is InChI=1S/C23H16F4N4OS/c1-13(22(32)28-18-12-11-17(25)19(26)20(18)27)33-23-30-29-21(14-5-3-2-4-6-14)31(23)16-9-7-15(24)8-10-16/h2-13H,1H3,(H,28,32). The highest BCUT2D eigenvalue weighted by Crippen LogP contribution is 2.31. The van der Waals surface area contributed by atoms with Gasteiger partial charge in [-0.05, 0) is 43.3 Å². The highest BCUT2D eigenvalue weighted by Gasteiger charge is 2.23. The summed E-state index contributed by atoms with van der Waals surface area (Å²) in [4.78, 5) is 12.6. The van der Waals surface area contributed by atoms with Crippen molar-refractivity contribution in [3.05, 3.63) is 90.0 Å². The van der Waals surface area contributed by atoms with Gasteiger partial charge >= 0.3 is 0 Å². The average Bonchev–Trinajstić information content (AvgIpc) is 3.24. The molecule has 1 N–H and O–H groups in total. The van der Waals surface area contributed by atoms with Crippen LogP contribution in [0.4, 0.5) is 23.2 Å². The van der Waals surface area contributed by atoms with Crippen molar-refractivity contribution < 1.29 is 22.4 Å². The predicted octanol–water partition coefficient (Wildman–Crippen LogP) is 5.61. The molecule has 1 unspecified atom stereocenters. The summed E-state index contributed by atoms with van der Waals surface area (Å²) in [5, 5.41) is 10.2. The Morgan fingerprint density at radius 2 is 1.61 bits per heavy atom. The molecular weight excluding hydrogens is 456 g/mol. The predicted molar refractivity (Wildman–Crippen MR) is 117 cm³/mol. The van der Waals surface area contributed by atoms with E-state index in [0.29, 0.717) is 16.7 Å². The van der Waals surface area contributed by atoms with Gasteiger partial charge in [-0.15, -0.1) is 10.2 Å². The Kier molecular flexibility index (Phi) is 6.45. The van der Waals surface area contributed by atoms with Gasteiger partial charge in [0, 0.05) is 11.3 Å². The minimum atomic E-state index is -1.67. The summed E-state index contributed by atoms with van der Waals surface area (Å²) in [6, 6.07) is 16.5. The number of thioether (sulfide) groups is 1. The summed E-state index contributed by atoms with van der Waals surface area (Å²) in [5.41, 5.74) is 0.848. The van der Waals surface area contributed by atoms with Crippen molar-refractivity contribution in [1.29, 1.82) is 0 Å². The molecule has 0 aliphatic heterocycles. The van der Waals surface area contributed by atoms with Crippen molar-refractivity contribution in [2.75, 3.05) is 5.32 Å². The lowest BCUT2D eigenvalue weighted by Gasteiger charge is -2.14. The third-order valence-corrected chi connectivity index (χ3v) is 5.74. The van der Waals surface area contributed by atoms with Gasteiger partial charge in [0.25, 0.3) is 0 Å². The van der Waals surface area contributed by atoms with Gasteiger partial charge in [0.05, 0.1) is 10.9 Å². The number of carbonyl (C=O) groups excluding carboxylic acids is 1. The van der Waals surface area contributed by atoms with Crippen LogP contribution in [-0.4, -0.2) is 25.9 Å². The zero-order chi connectivity index (χ0) is 23.5. The number of amides is 1.